The van der Waals surface area contributed by atoms with Gasteiger partial charge in [-0.2, -0.15) is 5.10 Å². The lowest BCUT2D eigenvalue weighted by atomic mass is 10.1. The van der Waals surface area contributed by atoms with Crippen molar-refractivity contribution in [2.45, 2.75) is 27.2 Å². The highest BCUT2D eigenvalue weighted by molar-refractivity contribution is 5.79. The average molecular weight is 374 g/mol. The molecule has 0 fully saturated rings. The molecule has 2 N–H and O–H groups in total. The maximum atomic E-state index is 5.73. The van der Waals surface area contributed by atoms with Crippen molar-refractivity contribution in [3.8, 4) is 11.5 Å². The Labute approximate surface area is 161 Å². The highest BCUT2D eigenvalue weighted by Gasteiger charge is 2.08. The SMILES string of the molecule is CCNC(=NCCc1c(C)nn(C)c1C)NCCOc1ccc(OC)cc1. The fourth-order valence-corrected chi connectivity index (χ4v) is 2.81. The molecule has 0 unspecified atom stereocenters. The number of aliphatic imine (C=N–C) groups is 1. The molecule has 0 aliphatic carbocycles. The van der Waals surface area contributed by atoms with Crippen LogP contribution in [0.1, 0.15) is 23.9 Å². The molecule has 27 heavy (non-hydrogen) atoms. The van der Waals surface area contributed by atoms with E-state index in [4.69, 9.17) is 9.47 Å². The largest absolute Gasteiger partial charge is 0.497 e. The second-order valence-corrected chi connectivity index (χ2v) is 6.23. The van der Waals surface area contributed by atoms with Gasteiger partial charge in [-0.1, -0.05) is 0 Å². The number of hydrogen-bond donors (Lipinski definition) is 2. The molecule has 0 atom stereocenters. The van der Waals surface area contributed by atoms with Crippen LogP contribution in [0.2, 0.25) is 0 Å². The van der Waals surface area contributed by atoms with Gasteiger partial charge in [0.05, 0.1) is 19.3 Å². The van der Waals surface area contributed by atoms with E-state index in [2.05, 4.69) is 34.6 Å². The molecule has 0 spiro atoms. The van der Waals surface area contributed by atoms with Gasteiger partial charge in [0.25, 0.3) is 0 Å². The summed E-state index contributed by atoms with van der Waals surface area (Å²) in [5.41, 5.74) is 3.56. The predicted octanol–water partition coefficient (Wildman–Crippen LogP) is 2.22. The van der Waals surface area contributed by atoms with Gasteiger partial charge in [0, 0.05) is 25.8 Å². The smallest absolute Gasteiger partial charge is 0.191 e. The molecule has 0 amide bonds. The molecule has 1 heterocycles. The van der Waals surface area contributed by atoms with Crippen molar-refractivity contribution in [2.75, 3.05) is 33.4 Å². The highest BCUT2D eigenvalue weighted by atomic mass is 16.5. The first-order valence-corrected chi connectivity index (χ1v) is 9.33. The molecule has 0 radical (unpaired) electrons. The summed E-state index contributed by atoms with van der Waals surface area (Å²) in [6.07, 6.45) is 0.879. The van der Waals surface area contributed by atoms with Crippen molar-refractivity contribution in [1.29, 1.82) is 0 Å². The summed E-state index contributed by atoms with van der Waals surface area (Å²) < 4.78 is 12.8. The Kier molecular flexibility index (Phi) is 7.98. The van der Waals surface area contributed by atoms with E-state index in [-0.39, 0.29) is 0 Å². The minimum absolute atomic E-state index is 0.553. The van der Waals surface area contributed by atoms with Crippen LogP contribution < -0.4 is 20.1 Å². The first-order chi connectivity index (χ1) is 13.0. The van der Waals surface area contributed by atoms with E-state index < -0.39 is 0 Å². The lowest BCUT2D eigenvalue weighted by molar-refractivity contribution is 0.321. The molecule has 0 aliphatic rings. The van der Waals surface area contributed by atoms with Gasteiger partial charge in [-0.05, 0) is 57.0 Å². The van der Waals surface area contributed by atoms with E-state index in [1.807, 2.05) is 42.9 Å². The third-order valence-corrected chi connectivity index (χ3v) is 4.36. The summed E-state index contributed by atoms with van der Waals surface area (Å²) in [5, 5.41) is 11.0. The second kappa shape index (κ2) is 10.4. The third kappa shape index (κ3) is 6.20. The summed E-state index contributed by atoms with van der Waals surface area (Å²) in [4.78, 5) is 4.65. The number of nitrogens with one attached hydrogen (secondary N) is 2. The van der Waals surface area contributed by atoms with Gasteiger partial charge < -0.3 is 20.1 Å². The van der Waals surface area contributed by atoms with Gasteiger partial charge in [-0.15, -0.1) is 0 Å². The molecular formula is C20H31N5O2. The van der Waals surface area contributed by atoms with E-state index in [1.54, 1.807) is 7.11 Å². The molecule has 0 aliphatic heterocycles. The predicted molar refractivity (Wildman–Crippen MR) is 109 cm³/mol. The van der Waals surface area contributed by atoms with Gasteiger partial charge in [-0.25, -0.2) is 0 Å². The zero-order chi connectivity index (χ0) is 19.6. The Morgan fingerprint density at radius 1 is 1.15 bits per heavy atom. The Balaban J connectivity index is 1.78. The van der Waals surface area contributed by atoms with E-state index in [0.29, 0.717) is 19.7 Å². The summed E-state index contributed by atoms with van der Waals surface area (Å²) in [6, 6.07) is 7.57. The molecular weight excluding hydrogens is 342 g/mol. The highest BCUT2D eigenvalue weighted by Crippen LogP contribution is 2.16. The Bertz CT molecular complexity index is 738. The molecule has 7 nitrogen and oxygen atoms in total. The number of benzene rings is 1. The third-order valence-electron chi connectivity index (χ3n) is 4.36. The normalized spacial score (nSPS) is 11.4. The quantitative estimate of drug-likeness (QED) is 0.401. The lowest BCUT2D eigenvalue weighted by Crippen LogP contribution is -2.39. The zero-order valence-electron chi connectivity index (χ0n) is 17.0. The molecule has 2 aromatic rings. The van der Waals surface area contributed by atoms with Crippen molar-refractivity contribution in [3.63, 3.8) is 0 Å². The number of rotatable bonds is 9. The molecule has 0 saturated heterocycles. The molecule has 148 valence electrons. The van der Waals surface area contributed by atoms with Crippen molar-refractivity contribution in [2.24, 2.45) is 12.0 Å². The summed E-state index contributed by atoms with van der Waals surface area (Å²) in [7, 11) is 3.63. The van der Waals surface area contributed by atoms with Crippen LogP contribution in [0.15, 0.2) is 29.3 Å². The van der Waals surface area contributed by atoms with Gasteiger partial charge >= 0.3 is 0 Å². The standard InChI is InChI=1S/C20H31N5O2/c1-6-21-20(22-12-11-19-15(2)24-25(4)16(19)3)23-13-14-27-18-9-7-17(26-5)8-10-18/h7-10H,6,11-14H2,1-5H3,(H2,21,22,23). The van der Waals surface area contributed by atoms with Crippen LogP contribution in [-0.4, -0.2) is 49.1 Å². The van der Waals surface area contributed by atoms with Crippen LogP contribution in [-0.2, 0) is 13.5 Å². The molecule has 2 rings (SSSR count). The van der Waals surface area contributed by atoms with Gasteiger partial charge in [0.1, 0.15) is 18.1 Å². The fraction of sp³-hybridized carbons (Fsp3) is 0.500. The van der Waals surface area contributed by atoms with Crippen LogP contribution in [0.5, 0.6) is 11.5 Å². The minimum Gasteiger partial charge on any atom is -0.497 e. The van der Waals surface area contributed by atoms with Crippen molar-refractivity contribution in [3.05, 3.63) is 41.2 Å². The molecule has 1 aromatic carbocycles. The van der Waals surface area contributed by atoms with Crippen LogP contribution >= 0.6 is 0 Å². The second-order valence-electron chi connectivity index (χ2n) is 6.23. The summed E-state index contributed by atoms with van der Waals surface area (Å²) >= 11 is 0. The number of hydrogen-bond acceptors (Lipinski definition) is 4. The van der Waals surface area contributed by atoms with E-state index in [1.165, 1.54) is 11.3 Å². The molecule has 1 aromatic heterocycles. The van der Waals surface area contributed by atoms with Crippen LogP contribution in [0.3, 0.4) is 0 Å². The number of ether oxygens (including phenoxy) is 2. The number of aryl methyl sites for hydroxylation is 2. The van der Waals surface area contributed by atoms with E-state index >= 15 is 0 Å². The van der Waals surface area contributed by atoms with Crippen molar-refractivity contribution >= 4 is 5.96 Å². The maximum Gasteiger partial charge on any atom is 0.191 e. The van der Waals surface area contributed by atoms with Crippen molar-refractivity contribution < 1.29 is 9.47 Å². The Hall–Kier alpha value is -2.70. The topological polar surface area (TPSA) is 72.7 Å². The first kappa shape index (κ1) is 20.6. The summed E-state index contributed by atoms with van der Waals surface area (Å²) in [5.74, 6) is 2.44. The molecule has 0 saturated carbocycles. The average Bonchev–Trinajstić information content (AvgIpc) is 2.91. The van der Waals surface area contributed by atoms with Crippen LogP contribution in [0.4, 0.5) is 0 Å². The van der Waals surface area contributed by atoms with Gasteiger partial charge in [-0.3, -0.25) is 9.67 Å². The summed E-state index contributed by atoms with van der Waals surface area (Å²) in [6.45, 7) is 8.95. The monoisotopic (exact) mass is 373 g/mol. The van der Waals surface area contributed by atoms with E-state index in [0.717, 1.165) is 36.1 Å². The first-order valence-electron chi connectivity index (χ1n) is 9.33. The molecule has 7 heteroatoms. The fourth-order valence-electron chi connectivity index (χ4n) is 2.81. The minimum atomic E-state index is 0.553. The number of aromatic nitrogens is 2. The number of guanidine groups is 1. The molecule has 0 bridgehead atoms. The van der Waals surface area contributed by atoms with E-state index in [9.17, 15) is 0 Å². The number of nitrogens with zero attached hydrogens (tertiary/aromatic N) is 3. The Morgan fingerprint density at radius 2 is 1.85 bits per heavy atom. The van der Waals surface area contributed by atoms with Crippen molar-refractivity contribution in [1.82, 2.24) is 20.4 Å². The number of methoxy groups -OCH3 is 1. The van der Waals surface area contributed by atoms with Gasteiger partial charge in [0.2, 0.25) is 0 Å². The van der Waals surface area contributed by atoms with Crippen LogP contribution in [0.25, 0.3) is 0 Å². The maximum absolute atomic E-state index is 5.73. The lowest BCUT2D eigenvalue weighted by Gasteiger charge is -2.12. The van der Waals surface area contributed by atoms with Crippen LogP contribution in [0, 0.1) is 13.8 Å². The van der Waals surface area contributed by atoms with Gasteiger partial charge in [0.15, 0.2) is 5.96 Å². The Morgan fingerprint density at radius 3 is 2.44 bits per heavy atom. The zero-order valence-corrected chi connectivity index (χ0v) is 17.0.